The van der Waals surface area contributed by atoms with E-state index in [2.05, 4.69) is 55.7 Å². The van der Waals surface area contributed by atoms with Crippen molar-refractivity contribution in [3.63, 3.8) is 0 Å². The minimum atomic E-state index is -1.08. The van der Waals surface area contributed by atoms with Gasteiger partial charge in [0.25, 0.3) is 11.8 Å². The minimum absolute atomic E-state index is 0.0764. The fourth-order valence-corrected chi connectivity index (χ4v) is 7.12. The lowest BCUT2D eigenvalue weighted by atomic mass is 10.2. The van der Waals surface area contributed by atoms with E-state index in [0.29, 0.717) is 94.3 Å². The van der Waals surface area contributed by atoms with Gasteiger partial charge in [-0.05, 0) is 98.6 Å². The molecule has 1 amide bonds. The summed E-state index contributed by atoms with van der Waals surface area (Å²) in [4.78, 5) is 71.5. The van der Waals surface area contributed by atoms with E-state index in [-0.39, 0.29) is 60.4 Å². The number of methoxy groups -OCH3 is 4. The third-order valence-corrected chi connectivity index (χ3v) is 11.2. The second kappa shape index (κ2) is 34.2. The number of hydrogen-bond acceptors (Lipinski definition) is 27. The summed E-state index contributed by atoms with van der Waals surface area (Å²) in [6.45, 7) is 5.15. The quantitative estimate of drug-likeness (QED) is 0.00596. The van der Waals surface area contributed by atoms with Crippen LogP contribution in [0, 0.1) is 17.5 Å². The van der Waals surface area contributed by atoms with Gasteiger partial charge in [0, 0.05) is 65.7 Å². The maximum Gasteiger partial charge on any atom is 0.396 e. The maximum absolute atomic E-state index is 13.4. The first-order valence-corrected chi connectivity index (χ1v) is 26.3. The van der Waals surface area contributed by atoms with Crippen molar-refractivity contribution in [1.29, 1.82) is 0 Å². The topological polar surface area (TPSA) is 410 Å². The molecule has 0 fully saturated rings. The van der Waals surface area contributed by atoms with Crippen molar-refractivity contribution < 1.29 is 74.4 Å². The van der Waals surface area contributed by atoms with Crippen molar-refractivity contribution in [2.24, 2.45) is 11.6 Å². The maximum atomic E-state index is 13.4. The van der Waals surface area contributed by atoms with Gasteiger partial charge in [-0.15, -0.1) is 20.4 Å². The SMILES string of the molecule is CCOC(=O)C(=O)Cl.CCOC(=O)c1nnc(-c2cccc(F)c2)o1.COc1cc2nc(NCCCC(=O)c3nnc(-c4cccc(F)c4)o3)nc(N)c2cc1OC.COc1cc2nc(NCCN)nc(N)c2cc1OC.NNC(=O)c1cccc(F)c1. The number of aromatic nitrogens is 8. The third-order valence-electron chi connectivity index (χ3n) is 11.1. The smallest absolute Gasteiger partial charge is 0.396 e. The lowest BCUT2D eigenvalue weighted by Gasteiger charge is -2.11. The number of carbonyl (C=O) groups is 5. The largest absolute Gasteiger partial charge is 0.493 e. The Bertz CT molecular complexity index is 3840. The number of nitrogen functional groups attached to an aromatic ring is 3. The molecule has 4 heterocycles. The predicted molar refractivity (Wildman–Crippen MR) is 315 cm³/mol. The van der Waals surface area contributed by atoms with E-state index in [1.165, 1.54) is 68.8 Å². The van der Waals surface area contributed by atoms with Gasteiger partial charge in [-0.2, -0.15) is 9.97 Å². The van der Waals surface area contributed by atoms with Gasteiger partial charge in [-0.1, -0.05) is 18.2 Å². The summed E-state index contributed by atoms with van der Waals surface area (Å²) in [5.74, 6) is 4.51. The number of carbonyl (C=O) groups excluding carboxylic acids is 5. The number of benzene rings is 5. The summed E-state index contributed by atoms with van der Waals surface area (Å²) >= 11 is 4.69. The van der Waals surface area contributed by atoms with Crippen molar-refractivity contribution in [2.75, 3.05) is 83.4 Å². The fourth-order valence-electron chi connectivity index (χ4n) is 7.07. The molecule has 5 aromatic carbocycles. The number of amides is 1. The van der Waals surface area contributed by atoms with Crippen LogP contribution in [-0.4, -0.2) is 130 Å². The molecule has 88 heavy (non-hydrogen) atoms. The highest BCUT2D eigenvalue weighted by molar-refractivity contribution is 6.80. The first-order chi connectivity index (χ1) is 42.3. The first-order valence-electron chi connectivity index (χ1n) is 25.9. The van der Waals surface area contributed by atoms with E-state index in [4.69, 9.17) is 67.2 Å². The Morgan fingerprint density at radius 3 is 1.47 bits per heavy atom. The molecule has 0 saturated heterocycles. The Balaban J connectivity index is 0.000000219. The van der Waals surface area contributed by atoms with E-state index in [1.54, 1.807) is 64.5 Å². The third kappa shape index (κ3) is 19.9. The lowest BCUT2D eigenvalue weighted by molar-refractivity contribution is -0.149. The first kappa shape index (κ1) is 68.0. The highest BCUT2D eigenvalue weighted by Crippen LogP contribution is 2.35. The summed E-state index contributed by atoms with van der Waals surface area (Å²) in [7, 11) is 6.21. The molecule has 11 N–H and O–H groups in total. The number of esters is 2. The predicted octanol–water partition coefficient (Wildman–Crippen LogP) is 6.89. The number of anilines is 4. The van der Waals surface area contributed by atoms with Crippen LogP contribution in [0.3, 0.4) is 0 Å². The van der Waals surface area contributed by atoms with Crippen LogP contribution >= 0.6 is 11.6 Å². The molecule has 0 aliphatic carbocycles. The monoisotopic (exact) mass is 1240 g/mol. The van der Waals surface area contributed by atoms with Crippen LogP contribution in [-0.2, 0) is 19.1 Å². The molecule has 28 nitrogen and oxygen atoms in total. The van der Waals surface area contributed by atoms with Crippen LogP contribution in [0.1, 0.15) is 58.4 Å². The number of nitrogens with one attached hydrogen (secondary N) is 3. The minimum Gasteiger partial charge on any atom is -0.493 e. The number of nitrogens with zero attached hydrogens (tertiary/aromatic N) is 8. The van der Waals surface area contributed by atoms with Gasteiger partial charge < -0.3 is 65.1 Å². The number of nitrogens with two attached hydrogens (primary N) is 4. The summed E-state index contributed by atoms with van der Waals surface area (Å²) in [6.07, 6.45) is 0.621. The highest BCUT2D eigenvalue weighted by atomic mass is 35.5. The Hall–Kier alpha value is -10.8. The van der Waals surface area contributed by atoms with Crippen molar-refractivity contribution >= 4 is 85.8 Å². The van der Waals surface area contributed by atoms with Crippen molar-refractivity contribution in [2.45, 2.75) is 26.7 Å². The van der Waals surface area contributed by atoms with Crippen LogP contribution < -0.4 is 58.1 Å². The molecule has 464 valence electrons. The van der Waals surface area contributed by atoms with Crippen LogP contribution in [0.25, 0.3) is 44.7 Å². The van der Waals surface area contributed by atoms with E-state index >= 15 is 0 Å². The van der Waals surface area contributed by atoms with Gasteiger partial charge in [0.2, 0.25) is 29.5 Å². The van der Waals surface area contributed by atoms with Gasteiger partial charge in [-0.3, -0.25) is 19.8 Å². The average molecular weight is 1240 g/mol. The highest BCUT2D eigenvalue weighted by Gasteiger charge is 2.19. The van der Waals surface area contributed by atoms with E-state index < -0.39 is 40.5 Å². The summed E-state index contributed by atoms with van der Waals surface area (Å²) in [5.41, 5.74) is 21.6. The molecule has 4 aromatic heterocycles. The summed E-state index contributed by atoms with van der Waals surface area (Å²) in [5, 5.41) is 21.1. The second-order valence-electron chi connectivity index (χ2n) is 17.0. The molecule has 0 bridgehead atoms. The molecule has 0 saturated carbocycles. The lowest BCUT2D eigenvalue weighted by Crippen LogP contribution is -2.29. The molecular formula is C56H59ClF3N15O13. The summed E-state index contributed by atoms with van der Waals surface area (Å²) < 4.78 is 79.1. The summed E-state index contributed by atoms with van der Waals surface area (Å²) in [6, 6.07) is 23.6. The molecule has 0 atom stereocenters. The Kier molecular flexibility index (Phi) is 26.5. The zero-order valence-corrected chi connectivity index (χ0v) is 48.6. The number of ether oxygens (including phenoxy) is 6. The van der Waals surface area contributed by atoms with Crippen LogP contribution in [0.4, 0.5) is 36.7 Å². The average Bonchev–Trinajstić information content (AvgIpc) is 1.49. The molecule has 0 aliphatic heterocycles. The molecule has 0 unspecified atom stereocenters. The van der Waals surface area contributed by atoms with Crippen LogP contribution in [0.5, 0.6) is 23.0 Å². The van der Waals surface area contributed by atoms with Crippen LogP contribution in [0.15, 0.2) is 106 Å². The Labute approximate surface area is 503 Å². The van der Waals surface area contributed by atoms with Gasteiger partial charge >= 0.3 is 23.1 Å². The van der Waals surface area contributed by atoms with Crippen LogP contribution in [0.2, 0.25) is 0 Å². The number of rotatable bonds is 20. The molecule has 9 rings (SSSR count). The zero-order valence-electron chi connectivity index (χ0n) is 47.9. The van der Waals surface area contributed by atoms with Crippen molar-refractivity contribution in [1.82, 2.24) is 45.8 Å². The number of hydrazine groups is 1. The van der Waals surface area contributed by atoms with Crippen molar-refractivity contribution in [3.05, 3.63) is 132 Å². The van der Waals surface area contributed by atoms with Gasteiger partial charge in [0.05, 0.1) is 52.7 Å². The molecule has 0 aliphatic rings. The number of fused-ring (bicyclic) bond motifs is 2. The molecule has 32 heteroatoms. The number of ketones is 1. The van der Waals surface area contributed by atoms with Gasteiger partial charge in [-0.25, -0.2) is 38.6 Å². The molecule has 0 radical (unpaired) electrons. The zero-order chi connectivity index (χ0) is 64.3. The fraction of sp³-hybridized carbons (Fsp3) is 0.232. The molecule has 9 aromatic rings. The normalized spacial score (nSPS) is 10.2. The Morgan fingerprint density at radius 1 is 0.580 bits per heavy atom. The number of hydrogen-bond donors (Lipinski definition) is 7. The van der Waals surface area contributed by atoms with E-state index in [9.17, 15) is 37.1 Å². The van der Waals surface area contributed by atoms with Gasteiger partial charge in [0.1, 0.15) is 29.1 Å². The second-order valence-corrected chi connectivity index (χ2v) is 17.4. The Morgan fingerprint density at radius 2 is 1.03 bits per heavy atom. The standard InChI is InChI=1S/C22H21FN6O4.C12H17N5O2.C11H9FN2O3.C7H7FN2O.C4H5ClO3/c1-31-17-10-14-15(11-18(17)32-2)26-22(27-19(14)24)25-8-4-7-16(30)21-29-28-20(33-21)12-5-3-6-13(23)9-12;1-18-9-5-7-8(6-10(9)19-2)16-12(15-4-3-13)17-11(7)14;1-2-16-11(15)10-14-13-9(17-10)7-4-3-5-8(12)6-7;8-6-3-1-2-5(4-6)7(11)10-9;1-2-8-4(7)3(5)6/h3,5-6,9-11H,4,7-8H2,1-2H3,(H3,24,25,26,27);5-6H,3-4,13H2,1-2H3,(H3,14,15,16,17);3-6H,2H2,1H3;1-4H,9H2,(H,10,11);2H2,1H3. The molecular weight excluding hydrogens is 1180 g/mol. The van der Waals surface area contributed by atoms with E-state index in [0.717, 1.165) is 11.5 Å². The molecule has 0 spiro atoms. The number of Topliss-reactive ketones (excluding diaryl/α,β-unsaturated/α-hetero) is 1. The van der Waals surface area contributed by atoms with Crippen molar-refractivity contribution in [3.8, 4) is 45.9 Å². The number of halogens is 4. The van der Waals surface area contributed by atoms with E-state index in [1.807, 2.05) is 5.43 Å². The van der Waals surface area contributed by atoms with Gasteiger partial charge in [0.15, 0.2) is 23.0 Å².